The molecule has 1 aromatic carbocycles. The van der Waals surface area contributed by atoms with Crippen LogP contribution in [0.25, 0.3) is 5.65 Å². The maximum atomic E-state index is 12.2. The summed E-state index contributed by atoms with van der Waals surface area (Å²) in [6.07, 6.45) is 0.845. The van der Waals surface area contributed by atoms with Crippen molar-refractivity contribution in [2.45, 2.75) is 40.2 Å². The van der Waals surface area contributed by atoms with E-state index in [9.17, 15) is 9.59 Å². The van der Waals surface area contributed by atoms with Crippen molar-refractivity contribution in [2.75, 3.05) is 6.54 Å². The van der Waals surface area contributed by atoms with Crippen LogP contribution in [-0.4, -0.2) is 33.0 Å². The first-order valence-corrected chi connectivity index (χ1v) is 9.34. The SMILES string of the molecule is Cc1cc2nc(C)c(CCC(=O)NCC(=O)NCc3ccccc3)c(C)n2n1. The number of hydrogen-bond acceptors (Lipinski definition) is 4. The molecule has 28 heavy (non-hydrogen) atoms. The highest BCUT2D eigenvalue weighted by Crippen LogP contribution is 2.16. The molecule has 2 amide bonds. The van der Waals surface area contributed by atoms with Crippen molar-refractivity contribution in [1.82, 2.24) is 25.2 Å². The summed E-state index contributed by atoms with van der Waals surface area (Å²) in [6, 6.07) is 11.6. The molecule has 0 bridgehead atoms. The number of fused-ring (bicyclic) bond motifs is 1. The number of carbonyl (C=O) groups excluding carboxylic acids is 2. The molecule has 0 atom stereocenters. The number of rotatable bonds is 7. The quantitative estimate of drug-likeness (QED) is 0.657. The third-order valence-corrected chi connectivity index (χ3v) is 4.67. The van der Waals surface area contributed by atoms with Gasteiger partial charge in [-0.2, -0.15) is 5.10 Å². The lowest BCUT2D eigenvalue weighted by Gasteiger charge is -2.11. The maximum Gasteiger partial charge on any atom is 0.239 e. The van der Waals surface area contributed by atoms with Gasteiger partial charge in [-0.15, -0.1) is 0 Å². The number of nitrogens with one attached hydrogen (secondary N) is 2. The van der Waals surface area contributed by atoms with Crippen LogP contribution in [0.2, 0.25) is 0 Å². The normalized spacial score (nSPS) is 10.8. The van der Waals surface area contributed by atoms with Crippen molar-refractivity contribution in [3.8, 4) is 0 Å². The van der Waals surface area contributed by atoms with Crippen molar-refractivity contribution in [2.24, 2.45) is 0 Å². The third-order valence-electron chi connectivity index (χ3n) is 4.67. The van der Waals surface area contributed by atoms with E-state index in [4.69, 9.17) is 0 Å². The molecular weight excluding hydrogens is 354 g/mol. The Bertz CT molecular complexity index is 995. The van der Waals surface area contributed by atoms with Crippen LogP contribution in [0, 0.1) is 20.8 Å². The predicted molar refractivity (Wildman–Crippen MR) is 107 cm³/mol. The second-order valence-corrected chi connectivity index (χ2v) is 6.86. The molecule has 3 aromatic rings. The lowest BCUT2D eigenvalue weighted by Crippen LogP contribution is -2.36. The van der Waals surface area contributed by atoms with Crippen LogP contribution >= 0.6 is 0 Å². The van der Waals surface area contributed by atoms with Gasteiger partial charge < -0.3 is 10.6 Å². The Morgan fingerprint density at radius 3 is 2.54 bits per heavy atom. The Balaban J connectivity index is 1.49. The zero-order valence-corrected chi connectivity index (χ0v) is 16.5. The second kappa shape index (κ2) is 8.65. The Hall–Kier alpha value is -3.22. The van der Waals surface area contributed by atoms with Crippen LogP contribution < -0.4 is 10.6 Å². The van der Waals surface area contributed by atoms with Gasteiger partial charge in [0.1, 0.15) is 0 Å². The molecule has 0 saturated carbocycles. The van der Waals surface area contributed by atoms with Crippen LogP contribution in [0.1, 0.15) is 34.6 Å². The highest BCUT2D eigenvalue weighted by Gasteiger charge is 2.13. The van der Waals surface area contributed by atoms with Crippen LogP contribution in [0.5, 0.6) is 0 Å². The molecule has 146 valence electrons. The van der Waals surface area contributed by atoms with Crippen LogP contribution in [0.4, 0.5) is 0 Å². The van der Waals surface area contributed by atoms with E-state index in [1.54, 1.807) is 0 Å². The summed E-state index contributed by atoms with van der Waals surface area (Å²) in [5, 5.41) is 9.92. The fourth-order valence-corrected chi connectivity index (χ4v) is 3.17. The summed E-state index contributed by atoms with van der Waals surface area (Å²) >= 11 is 0. The topological polar surface area (TPSA) is 88.4 Å². The standard InChI is InChI=1S/C21H25N5O2/c1-14-11-19-24-15(2)18(16(3)26(19)25-14)9-10-20(27)23-13-21(28)22-12-17-7-5-4-6-8-17/h4-8,11H,9-10,12-13H2,1-3H3,(H,22,28)(H,23,27). The monoisotopic (exact) mass is 379 g/mol. The van der Waals surface area contributed by atoms with E-state index >= 15 is 0 Å². The Morgan fingerprint density at radius 1 is 1.04 bits per heavy atom. The molecule has 2 heterocycles. The maximum absolute atomic E-state index is 12.2. The average molecular weight is 379 g/mol. The van der Waals surface area contributed by atoms with E-state index in [2.05, 4.69) is 20.7 Å². The number of nitrogens with zero attached hydrogens (tertiary/aromatic N) is 3. The summed E-state index contributed by atoms with van der Waals surface area (Å²) in [4.78, 5) is 28.6. The molecule has 7 heteroatoms. The lowest BCUT2D eigenvalue weighted by atomic mass is 10.1. The van der Waals surface area contributed by atoms with Gasteiger partial charge in [-0.1, -0.05) is 30.3 Å². The largest absolute Gasteiger partial charge is 0.350 e. The zero-order chi connectivity index (χ0) is 20.1. The highest BCUT2D eigenvalue weighted by atomic mass is 16.2. The molecule has 0 aliphatic carbocycles. The van der Waals surface area contributed by atoms with Crippen molar-refractivity contribution in [1.29, 1.82) is 0 Å². The second-order valence-electron chi connectivity index (χ2n) is 6.86. The summed E-state index contributed by atoms with van der Waals surface area (Å²) in [5.74, 6) is -0.370. The first kappa shape index (κ1) is 19.5. The minimum absolute atomic E-state index is 0.0285. The molecule has 0 radical (unpaired) electrons. The van der Waals surface area contributed by atoms with Gasteiger partial charge in [0.05, 0.1) is 12.2 Å². The Morgan fingerprint density at radius 2 is 1.79 bits per heavy atom. The number of amides is 2. The first-order valence-electron chi connectivity index (χ1n) is 9.34. The van der Waals surface area contributed by atoms with E-state index in [1.807, 2.05) is 61.7 Å². The van der Waals surface area contributed by atoms with Gasteiger partial charge in [0.15, 0.2) is 5.65 Å². The number of benzene rings is 1. The first-order chi connectivity index (χ1) is 13.4. The fraction of sp³-hybridized carbons (Fsp3) is 0.333. The molecular formula is C21H25N5O2. The number of carbonyl (C=O) groups is 2. The summed E-state index contributed by atoms with van der Waals surface area (Å²) in [7, 11) is 0. The van der Waals surface area contributed by atoms with E-state index < -0.39 is 0 Å². The van der Waals surface area contributed by atoms with Gasteiger partial charge in [-0.3, -0.25) is 9.59 Å². The van der Waals surface area contributed by atoms with Crippen molar-refractivity contribution in [3.05, 3.63) is 64.6 Å². The summed E-state index contributed by atoms with van der Waals surface area (Å²) in [5.41, 5.74) is 5.65. The van der Waals surface area contributed by atoms with E-state index in [1.165, 1.54) is 0 Å². The molecule has 0 fully saturated rings. The Kier molecular flexibility index (Phi) is 6.03. The highest BCUT2D eigenvalue weighted by molar-refractivity contribution is 5.84. The molecule has 3 rings (SSSR count). The summed E-state index contributed by atoms with van der Waals surface area (Å²) < 4.78 is 1.81. The molecule has 0 aliphatic heterocycles. The number of hydrogen-bond donors (Lipinski definition) is 2. The average Bonchev–Trinajstić information content (AvgIpc) is 3.05. The molecule has 0 aliphatic rings. The molecule has 0 unspecified atom stereocenters. The van der Waals surface area contributed by atoms with Crippen LogP contribution in [-0.2, 0) is 22.6 Å². The number of aryl methyl sites for hydroxylation is 3. The lowest BCUT2D eigenvalue weighted by molar-refractivity contribution is -0.126. The van der Waals surface area contributed by atoms with Crippen molar-refractivity contribution < 1.29 is 9.59 Å². The van der Waals surface area contributed by atoms with Gasteiger partial charge in [0.25, 0.3) is 0 Å². The van der Waals surface area contributed by atoms with Crippen molar-refractivity contribution >= 4 is 17.5 Å². The smallest absolute Gasteiger partial charge is 0.239 e. The van der Waals surface area contributed by atoms with Gasteiger partial charge in [0, 0.05) is 30.4 Å². The molecule has 0 spiro atoms. The number of aromatic nitrogens is 3. The van der Waals surface area contributed by atoms with E-state index in [0.717, 1.165) is 33.9 Å². The van der Waals surface area contributed by atoms with Gasteiger partial charge in [-0.05, 0) is 38.3 Å². The molecule has 2 N–H and O–H groups in total. The molecule has 0 saturated heterocycles. The predicted octanol–water partition coefficient (Wildman–Crippen LogP) is 2.02. The van der Waals surface area contributed by atoms with E-state index in [0.29, 0.717) is 19.4 Å². The van der Waals surface area contributed by atoms with Crippen LogP contribution in [0.15, 0.2) is 36.4 Å². The van der Waals surface area contributed by atoms with Gasteiger partial charge in [-0.25, -0.2) is 9.50 Å². The van der Waals surface area contributed by atoms with Gasteiger partial charge >= 0.3 is 0 Å². The third kappa shape index (κ3) is 4.73. The molecule has 7 nitrogen and oxygen atoms in total. The fourth-order valence-electron chi connectivity index (χ4n) is 3.17. The summed E-state index contributed by atoms with van der Waals surface area (Å²) in [6.45, 7) is 6.28. The zero-order valence-electron chi connectivity index (χ0n) is 16.5. The van der Waals surface area contributed by atoms with E-state index in [-0.39, 0.29) is 18.4 Å². The van der Waals surface area contributed by atoms with Crippen LogP contribution in [0.3, 0.4) is 0 Å². The minimum atomic E-state index is -0.209. The van der Waals surface area contributed by atoms with Crippen molar-refractivity contribution in [3.63, 3.8) is 0 Å². The minimum Gasteiger partial charge on any atom is -0.350 e. The molecule has 2 aromatic heterocycles. The van der Waals surface area contributed by atoms with Gasteiger partial charge in [0.2, 0.25) is 11.8 Å². The Labute approximate surface area is 164 Å².